The molecular weight excluding hydrogens is 237 g/mol. The molecule has 1 N–H and O–H groups in total. The van der Waals surface area contributed by atoms with Crippen molar-refractivity contribution in [2.75, 3.05) is 0 Å². The second kappa shape index (κ2) is 4.99. The van der Waals surface area contributed by atoms with Gasteiger partial charge in [0.1, 0.15) is 0 Å². The van der Waals surface area contributed by atoms with Crippen molar-refractivity contribution in [1.29, 1.82) is 0 Å². The summed E-state index contributed by atoms with van der Waals surface area (Å²) >= 11 is 0. The fourth-order valence-electron chi connectivity index (χ4n) is 1.20. The van der Waals surface area contributed by atoms with Gasteiger partial charge in [0.05, 0.1) is 12.0 Å². The molecule has 0 spiro atoms. The highest BCUT2D eigenvalue weighted by molar-refractivity contribution is 5.97. The van der Waals surface area contributed by atoms with E-state index >= 15 is 0 Å². The molecule has 0 amide bonds. The van der Waals surface area contributed by atoms with Gasteiger partial charge in [0.15, 0.2) is 5.78 Å². The van der Waals surface area contributed by atoms with Crippen molar-refractivity contribution in [2.24, 2.45) is 0 Å². The first-order chi connectivity index (χ1) is 7.79. The first-order valence-electron chi connectivity index (χ1n) is 4.73. The molecule has 0 aliphatic carbocycles. The molecule has 92 valence electrons. The van der Waals surface area contributed by atoms with Crippen LogP contribution in [0.5, 0.6) is 0 Å². The highest BCUT2D eigenvalue weighted by Crippen LogP contribution is 2.22. The Balaban J connectivity index is 2.67. The summed E-state index contributed by atoms with van der Waals surface area (Å²) < 4.78 is 35.6. The SMILES string of the molecule is O=C(O)c1ccc(C(=O)CCC(F)(F)F)cc1. The number of hydrogen-bond acceptors (Lipinski definition) is 2. The second-order valence-corrected chi connectivity index (χ2v) is 3.42. The fourth-order valence-corrected chi connectivity index (χ4v) is 1.20. The molecule has 0 aromatic heterocycles. The van der Waals surface area contributed by atoms with Gasteiger partial charge >= 0.3 is 12.1 Å². The maximum atomic E-state index is 11.9. The van der Waals surface area contributed by atoms with E-state index in [-0.39, 0.29) is 11.1 Å². The third kappa shape index (κ3) is 4.26. The summed E-state index contributed by atoms with van der Waals surface area (Å²) in [5.74, 6) is -1.81. The van der Waals surface area contributed by atoms with Crippen molar-refractivity contribution in [1.82, 2.24) is 0 Å². The van der Waals surface area contributed by atoms with Gasteiger partial charge in [0, 0.05) is 12.0 Å². The Bertz CT molecular complexity index is 421. The number of rotatable bonds is 4. The van der Waals surface area contributed by atoms with Crippen molar-refractivity contribution in [3.8, 4) is 0 Å². The van der Waals surface area contributed by atoms with Crippen LogP contribution >= 0.6 is 0 Å². The molecule has 1 aromatic carbocycles. The van der Waals surface area contributed by atoms with Crippen LogP contribution in [0.1, 0.15) is 33.6 Å². The van der Waals surface area contributed by atoms with Gasteiger partial charge in [-0.25, -0.2) is 4.79 Å². The lowest BCUT2D eigenvalue weighted by Gasteiger charge is -2.05. The van der Waals surface area contributed by atoms with Crippen molar-refractivity contribution in [2.45, 2.75) is 19.0 Å². The van der Waals surface area contributed by atoms with Crippen LogP contribution in [0.2, 0.25) is 0 Å². The number of carbonyl (C=O) groups is 2. The first kappa shape index (κ1) is 13.2. The van der Waals surface area contributed by atoms with E-state index in [1.165, 1.54) is 24.3 Å². The number of benzene rings is 1. The Morgan fingerprint density at radius 2 is 1.53 bits per heavy atom. The molecule has 3 nitrogen and oxygen atoms in total. The Labute approximate surface area is 94.9 Å². The van der Waals surface area contributed by atoms with Crippen LogP contribution in [-0.4, -0.2) is 23.0 Å². The molecule has 0 aliphatic heterocycles. The van der Waals surface area contributed by atoms with E-state index in [2.05, 4.69) is 0 Å². The van der Waals surface area contributed by atoms with Crippen molar-refractivity contribution < 1.29 is 27.9 Å². The molecule has 1 rings (SSSR count). The number of halogens is 3. The molecule has 0 fully saturated rings. The number of carbonyl (C=O) groups excluding carboxylic acids is 1. The third-order valence-corrected chi connectivity index (χ3v) is 2.09. The lowest BCUT2D eigenvalue weighted by Crippen LogP contribution is -2.11. The number of alkyl halides is 3. The molecular formula is C11H9F3O3. The molecule has 0 bridgehead atoms. The largest absolute Gasteiger partial charge is 0.478 e. The zero-order valence-electron chi connectivity index (χ0n) is 8.62. The van der Waals surface area contributed by atoms with Gasteiger partial charge in [-0.05, 0) is 12.1 Å². The molecule has 6 heteroatoms. The predicted molar refractivity (Wildman–Crippen MR) is 53.0 cm³/mol. The van der Waals surface area contributed by atoms with Crippen LogP contribution in [0, 0.1) is 0 Å². The number of carboxylic acids is 1. The zero-order chi connectivity index (χ0) is 13.1. The van der Waals surface area contributed by atoms with Crippen LogP contribution < -0.4 is 0 Å². The second-order valence-electron chi connectivity index (χ2n) is 3.42. The van der Waals surface area contributed by atoms with Crippen LogP contribution in [0.25, 0.3) is 0 Å². The molecule has 0 heterocycles. The average Bonchev–Trinajstić information content (AvgIpc) is 2.25. The topological polar surface area (TPSA) is 54.4 Å². The summed E-state index contributed by atoms with van der Waals surface area (Å²) in [7, 11) is 0. The monoisotopic (exact) mass is 246 g/mol. The van der Waals surface area contributed by atoms with E-state index in [0.717, 1.165) is 0 Å². The molecule has 0 atom stereocenters. The number of ketones is 1. The van der Waals surface area contributed by atoms with Gasteiger partial charge in [-0.2, -0.15) is 13.2 Å². The summed E-state index contributed by atoms with van der Waals surface area (Å²) in [6, 6.07) is 4.79. The quantitative estimate of drug-likeness (QED) is 0.831. The van der Waals surface area contributed by atoms with Crippen molar-refractivity contribution >= 4 is 11.8 Å². The van der Waals surface area contributed by atoms with E-state index in [1.807, 2.05) is 0 Å². The highest BCUT2D eigenvalue weighted by Gasteiger charge is 2.28. The highest BCUT2D eigenvalue weighted by atomic mass is 19.4. The number of carboxylic acid groups (broad SMARTS) is 1. The fraction of sp³-hybridized carbons (Fsp3) is 0.273. The Morgan fingerprint density at radius 1 is 1.06 bits per heavy atom. The van der Waals surface area contributed by atoms with Gasteiger partial charge in [-0.1, -0.05) is 12.1 Å². The predicted octanol–water partition coefficient (Wildman–Crippen LogP) is 2.91. The number of hydrogen-bond donors (Lipinski definition) is 1. The number of aromatic carboxylic acids is 1. The van der Waals surface area contributed by atoms with Gasteiger partial charge in [-0.3, -0.25) is 4.79 Å². The van der Waals surface area contributed by atoms with Crippen LogP contribution in [0.4, 0.5) is 13.2 Å². The molecule has 1 aromatic rings. The minimum absolute atomic E-state index is 0.0163. The van der Waals surface area contributed by atoms with Crippen LogP contribution in [0.15, 0.2) is 24.3 Å². The van der Waals surface area contributed by atoms with E-state index in [9.17, 15) is 22.8 Å². The van der Waals surface area contributed by atoms with Gasteiger partial charge in [-0.15, -0.1) is 0 Å². The molecule has 0 radical (unpaired) electrons. The summed E-state index contributed by atoms with van der Waals surface area (Å²) in [6.45, 7) is 0. The zero-order valence-corrected chi connectivity index (χ0v) is 8.62. The average molecular weight is 246 g/mol. The standard InChI is InChI=1S/C11H9F3O3/c12-11(13,14)6-5-9(15)7-1-3-8(4-2-7)10(16)17/h1-4H,5-6H2,(H,16,17). The van der Waals surface area contributed by atoms with Crippen LogP contribution in [-0.2, 0) is 0 Å². The molecule has 17 heavy (non-hydrogen) atoms. The van der Waals surface area contributed by atoms with Crippen LogP contribution in [0.3, 0.4) is 0 Å². The smallest absolute Gasteiger partial charge is 0.389 e. The van der Waals surface area contributed by atoms with Crippen molar-refractivity contribution in [3.05, 3.63) is 35.4 Å². The normalized spacial score (nSPS) is 11.2. The number of Topliss-reactive ketones (excluding diaryl/α,β-unsaturated/α-hetero) is 1. The van der Waals surface area contributed by atoms with Gasteiger partial charge < -0.3 is 5.11 Å². The molecule has 0 saturated heterocycles. The Kier molecular flexibility index (Phi) is 3.88. The minimum Gasteiger partial charge on any atom is -0.478 e. The van der Waals surface area contributed by atoms with Gasteiger partial charge in [0.2, 0.25) is 0 Å². The molecule has 0 saturated carbocycles. The van der Waals surface area contributed by atoms with Crippen molar-refractivity contribution in [3.63, 3.8) is 0 Å². The molecule has 0 aliphatic rings. The van der Waals surface area contributed by atoms with E-state index in [0.29, 0.717) is 0 Å². The maximum Gasteiger partial charge on any atom is 0.389 e. The lowest BCUT2D eigenvalue weighted by molar-refractivity contribution is -0.133. The third-order valence-electron chi connectivity index (χ3n) is 2.09. The summed E-state index contributed by atoms with van der Waals surface area (Å²) in [5.41, 5.74) is 0.0663. The first-order valence-corrected chi connectivity index (χ1v) is 4.73. The van der Waals surface area contributed by atoms with E-state index in [1.54, 1.807) is 0 Å². The molecule has 0 unspecified atom stereocenters. The lowest BCUT2D eigenvalue weighted by atomic mass is 10.0. The van der Waals surface area contributed by atoms with E-state index < -0.39 is 30.8 Å². The summed E-state index contributed by atoms with van der Waals surface area (Å²) in [5, 5.41) is 8.59. The minimum atomic E-state index is -4.36. The Morgan fingerprint density at radius 3 is 1.94 bits per heavy atom. The Hall–Kier alpha value is -1.85. The summed E-state index contributed by atoms with van der Waals surface area (Å²) in [4.78, 5) is 21.8. The van der Waals surface area contributed by atoms with E-state index in [4.69, 9.17) is 5.11 Å². The summed E-state index contributed by atoms with van der Waals surface area (Å²) in [6.07, 6.45) is -6.17. The van der Waals surface area contributed by atoms with Gasteiger partial charge in [0.25, 0.3) is 0 Å². The maximum absolute atomic E-state index is 11.9.